The van der Waals surface area contributed by atoms with Gasteiger partial charge in [-0.15, -0.1) is 0 Å². The van der Waals surface area contributed by atoms with Gasteiger partial charge in [0.15, 0.2) is 0 Å². The first-order chi connectivity index (χ1) is 20.4. The van der Waals surface area contributed by atoms with Crippen LogP contribution in [0.3, 0.4) is 0 Å². The average Bonchev–Trinajstić information content (AvgIpc) is 3.37. The number of aromatic nitrogens is 2. The Bertz CT molecular complexity index is 1540. The van der Waals surface area contributed by atoms with Crippen molar-refractivity contribution in [1.82, 2.24) is 14.5 Å². The van der Waals surface area contributed by atoms with Crippen LogP contribution in [0.15, 0.2) is 34.2 Å². The molecule has 11 nitrogen and oxygen atoms in total. The molecule has 5 heterocycles. The number of rotatable bonds is 6. The lowest BCUT2D eigenvalue weighted by molar-refractivity contribution is -0.385. The van der Waals surface area contributed by atoms with Gasteiger partial charge in [-0.2, -0.15) is 0 Å². The molecule has 6 rings (SSSR count). The quantitative estimate of drug-likeness (QED) is 0.100. The fourth-order valence-corrected chi connectivity index (χ4v) is 5.52. The topological polar surface area (TPSA) is 129 Å². The minimum atomic E-state index is -0.598. The molecule has 0 radical (unpaired) electrons. The number of hydrogen-bond acceptors (Lipinski definition) is 9. The number of hydrogen-bond donors (Lipinski definition) is 0. The summed E-state index contributed by atoms with van der Waals surface area (Å²) in [6, 6.07) is 7.42. The normalized spacial score (nSPS) is 15.5. The standard InChI is InChI=1S/C26H25N5O6.C3H8.C2H6/c32-22-12-17-20(15-36-22)26(33)30-14-19-18(13-27-37-11-10-29-8-4-1-5-9-29)16-6-2-3-7-21(16)28-23(19)25(30)24(17)31(34)35;1-3-2;1-2/h2-3,6-7,13H,1,4-5,8-12,14-15H2;3H2,1-2H3;1-2H3/b27-13+;;. The third kappa shape index (κ3) is 6.20. The molecule has 1 saturated heterocycles. The fraction of sp³-hybridized carbons (Fsp3) is 0.484. The van der Waals surface area contributed by atoms with Crippen LogP contribution in [0.2, 0.25) is 0 Å². The molecular formula is C31H39N5O6. The summed E-state index contributed by atoms with van der Waals surface area (Å²) in [5.74, 6) is -0.598. The van der Waals surface area contributed by atoms with E-state index in [1.807, 2.05) is 38.1 Å². The summed E-state index contributed by atoms with van der Waals surface area (Å²) in [4.78, 5) is 49.7. The maximum atomic E-state index is 13.4. The first-order valence-electron chi connectivity index (χ1n) is 14.8. The Morgan fingerprint density at radius 1 is 1.10 bits per heavy atom. The highest BCUT2D eigenvalue weighted by Gasteiger charge is 2.39. The monoisotopic (exact) mass is 577 g/mol. The van der Waals surface area contributed by atoms with Crippen LogP contribution in [0.4, 0.5) is 5.69 Å². The Hall–Kier alpha value is -4.12. The smallest absolute Gasteiger partial charge is 0.310 e. The molecule has 0 aliphatic carbocycles. The van der Waals surface area contributed by atoms with Crippen molar-refractivity contribution in [2.45, 2.75) is 73.0 Å². The van der Waals surface area contributed by atoms with Crippen LogP contribution < -0.4 is 5.56 Å². The molecule has 3 aliphatic rings. The van der Waals surface area contributed by atoms with E-state index in [1.54, 1.807) is 6.21 Å². The predicted molar refractivity (Wildman–Crippen MR) is 162 cm³/mol. The number of ether oxygens (including phenoxy) is 1. The largest absolute Gasteiger partial charge is 0.460 e. The number of piperidine rings is 1. The number of benzene rings is 1. The van der Waals surface area contributed by atoms with Crippen LogP contribution in [0, 0.1) is 10.1 Å². The van der Waals surface area contributed by atoms with Crippen LogP contribution in [0.25, 0.3) is 22.3 Å². The van der Waals surface area contributed by atoms with Crippen LogP contribution in [-0.4, -0.2) is 57.8 Å². The first kappa shape index (κ1) is 30.8. The fourth-order valence-electron chi connectivity index (χ4n) is 5.52. The summed E-state index contributed by atoms with van der Waals surface area (Å²) in [5.41, 5.74) is 1.99. The van der Waals surface area contributed by atoms with E-state index in [0.717, 1.165) is 25.0 Å². The number of pyridine rings is 2. The van der Waals surface area contributed by atoms with Gasteiger partial charge in [-0.25, -0.2) is 4.98 Å². The molecule has 0 spiro atoms. The van der Waals surface area contributed by atoms with Gasteiger partial charge < -0.3 is 9.57 Å². The van der Waals surface area contributed by atoms with Crippen molar-refractivity contribution in [3.05, 3.63) is 67.0 Å². The highest BCUT2D eigenvalue weighted by Crippen LogP contribution is 2.42. The third-order valence-corrected chi connectivity index (χ3v) is 7.31. The summed E-state index contributed by atoms with van der Waals surface area (Å²) in [5, 5.41) is 17.3. The van der Waals surface area contributed by atoms with Crippen molar-refractivity contribution in [3.63, 3.8) is 0 Å². The Labute approximate surface area is 245 Å². The second kappa shape index (κ2) is 14.2. The van der Waals surface area contributed by atoms with E-state index < -0.39 is 16.5 Å². The van der Waals surface area contributed by atoms with Gasteiger partial charge in [0, 0.05) is 23.1 Å². The van der Waals surface area contributed by atoms with Gasteiger partial charge >= 0.3 is 5.97 Å². The number of fused-ring (bicyclic) bond motifs is 5. The van der Waals surface area contributed by atoms with Gasteiger partial charge in [-0.05, 0) is 32.0 Å². The Morgan fingerprint density at radius 2 is 1.81 bits per heavy atom. The summed E-state index contributed by atoms with van der Waals surface area (Å²) in [7, 11) is 0. The number of oxime groups is 1. The van der Waals surface area contributed by atoms with E-state index in [0.29, 0.717) is 28.9 Å². The Kier molecular flexibility index (Phi) is 10.4. The molecule has 0 amide bonds. The van der Waals surface area contributed by atoms with Gasteiger partial charge in [0.25, 0.3) is 11.2 Å². The second-order valence-corrected chi connectivity index (χ2v) is 10.2. The molecule has 224 valence electrons. The lowest BCUT2D eigenvalue weighted by Crippen LogP contribution is -2.32. The van der Waals surface area contributed by atoms with Crippen LogP contribution >= 0.6 is 0 Å². The van der Waals surface area contributed by atoms with Crippen molar-refractivity contribution in [2.24, 2.45) is 5.16 Å². The van der Waals surface area contributed by atoms with E-state index in [2.05, 4.69) is 23.9 Å². The maximum absolute atomic E-state index is 13.4. The molecule has 0 N–H and O–H groups in total. The zero-order chi connectivity index (χ0) is 30.2. The summed E-state index contributed by atoms with van der Waals surface area (Å²) < 4.78 is 6.39. The van der Waals surface area contributed by atoms with Gasteiger partial charge in [0.05, 0.1) is 40.7 Å². The molecule has 0 bridgehead atoms. The minimum Gasteiger partial charge on any atom is -0.460 e. The average molecular weight is 578 g/mol. The number of esters is 1. The molecule has 42 heavy (non-hydrogen) atoms. The molecule has 0 unspecified atom stereocenters. The zero-order valence-corrected chi connectivity index (χ0v) is 24.9. The summed E-state index contributed by atoms with van der Waals surface area (Å²) >= 11 is 0. The molecule has 3 aromatic rings. The highest BCUT2D eigenvalue weighted by atomic mass is 16.6. The molecule has 3 aliphatic heterocycles. The van der Waals surface area contributed by atoms with Crippen LogP contribution in [-0.2, 0) is 33.9 Å². The van der Waals surface area contributed by atoms with Gasteiger partial charge in [-0.1, -0.05) is 63.9 Å². The lowest BCUT2D eigenvalue weighted by atomic mass is 9.98. The highest BCUT2D eigenvalue weighted by molar-refractivity contribution is 6.03. The van der Waals surface area contributed by atoms with Crippen molar-refractivity contribution >= 4 is 28.8 Å². The number of nitrogens with zero attached hydrogens (tertiary/aromatic N) is 5. The van der Waals surface area contributed by atoms with E-state index >= 15 is 0 Å². The summed E-state index contributed by atoms with van der Waals surface area (Å²) in [6.45, 7) is 11.5. The molecule has 1 fully saturated rings. The summed E-state index contributed by atoms with van der Waals surface area (Å²) in [6.07, 6.45) is 6.21. The maximum Gasteiger partial charge on any atom is 0.310 e. The van der Waals surface area contributed by atoms with E-state index in [9.17, 15) is 19.7 Å². The molecule has 1 aromatic carbocycles. The molecule has 11 heteroatoms. The van der Waals surface area contributed by atoms with E-state index in [4.69, 9.17) is 14.6 Å². The third-order valence-electron chi connectivity index (χ3n) is 7.31. The minimum absolute atomic E-state index is 0.0958. The van der Waals surface area contributed by atoms with Crippen molar-refractivity contribution in [3.8, 4) is 11.4 Å². The SMILES string of the molecule is CC.CCC.O=C1Cc2c([N+](=O)[O-])c3n(c(=O)c2CO1)Cc1c-3nc2ccccc2c1/C=N/OCCN1CCCCC1. The van der Waals surface area contributed by atoms with E-state index in [-0.39, 0.29) is 42.1 Å². The van der Waals surface area contributed by atoms with Gasteiger partial charge in [0.1, 0.15) is 24.6 Å². The first-order valence-corrected chi connectivity index (χ1v) is 14.8. The van der Waals surface area contributed by atoms with Crippen molar-refractivity contribution in [1.29, 1.82) is 0 Å². The molecule has 0 saturated carbocycles. The number of carbonyl (C=O) groups excluding carboxylic acids is 1. The predicted octanol–water partition coefficient (Wildman–Crippen LogP) is 5.21. The Morgan fingerprint density at radius 3 is 2.52 bits per heavy atom. The lowest BCUT2D eigenvalue weighted by Gasteiger charge is -2.25. The van der Waals surface area contributed by atoms with Crippen molar-refractivity contribution < 1.29 is 19.3 Å². The molecular weight excluding hydrogens is 538 g/mol. The molecule has 2 aromatic heterocycles. The number of para-hydroxylation sites is 1. The number of nitro groups is 1. The number of cyclic esters (lactones) is 1. The van der Waals surface area contributed by atoms with E-state index in [1.165, 1.54) is 30.3 Å². The number of likely N-dealkylation sites (tertiary alicyclic amines) is 1. The van der Waals surface area contributed by atoms with Crippen LogP contribution in [0.5, 0.6) is 0 Å². The zero-order valence-electron chi connectivity index (χ0n) is 24.9. The van der Waals surface area contributed by atoms with Gasteiger partial charge in [0.2, 0.25) is 0 Å². The molecule has 0 atom stereocenters. The Balaban J connectivity index is 0.000000763. The number of carbonyl (C=O) groups is 1. The van der Waals surface area contributed by atoms with Crippen molar-refractivity contribution in [2.75, 3.05) is 26.2 Å². The second-order valence-electron chi connectivity index (χ2n) is 10.2. The van der Waals surface area contributed by atoms with Gasteiger partial charge in [-0.3, -0.25) is 29.2 Å². The van der Waals surface area contributed by atoms with Crippen LogP contribution in [0.1, 0.15) is 75.6 Å².